The van der Waals surface area contributed by atoms with Gasteiger partial charge in [0.05, 0.1) is 6.10 Å². The molecule has 7 heteroatoms. The highest BCUT2D eigenvalue weighted by atomic mass is 16.6. The summed E-state index contributed by atoms with van der Waals surface area (Å²) in [5.74, 6) is -4.31. The molecule has 7 nitrogen and oxygen atoms in total. The van der Waals surface area contributed by atoms with Crippen molar-refractivity contribution in [3.8, 4) is 17.2 Å². The summed E-state index contributed by atoms with van der Waals surface area (Å²) in [6, 6.07) is 19.9. The number of carbonyl (C=O) groups is 2. The molecule has 200 valence electrons. The molecule has 0 saturated carbocycles. The third-order valence-corrected chi connectivity index (χ3v) is 7.09. The summed E-state index contributed by atoms with van der Waals surface area (Å²) in [6.45, 7) is 0. The number of ether oxygens (including phenoxy) is 2. The Labute approximate surface area is 226 Å². The van der Waals surface area contributed by atoms with Crippen LogP contribution in [-0.4, -0.2) is 39.0 Å². The van der Waals surface area contributed by atoms with Crippen molar-refractivity contribution in [1.82, 2.24) is 0 Å². The van der Waals surface area contributed by atoms with Crippen LogP contribution in [0.5, 0.6) is 17.2 Å². The summed E-state index contributed by atoms with van der Waals surface area (Å²) in [7, 11) is 0. The van der Waals surface area contributed by atoms with Crippen LogP contribution in [0.25, 0.3) is 12.2 Å². The minimum Gasteiger partial charge on any atom is -0.507 e. The van der Waals surface area contributed by atoms with E-state index in [1.807, 2.05) is 60.7 Å². The molecule has 3 N–H and O–H groups in total. The van der Waals surface area contributed by atoms with Gasteiger partial charge in [0.25, 0.3) is 0 Å². The molecule has 39 heavy (non-hydrogen) atoms. The molecule has 3 aromatic rings. The smallest absolute Gasteiger partial charge is 0.311 e. The van der Waals surface area contributed by atoms with Gasteiger partial charge in [-0.1, -0.05) is 72.8 Å². The number of allylic oxidation sites excluding steroid dienone is 1. The van der Waals surface area contributed by atoms with E-state index >= 15 is 0 Å². The Kier molecular flexibility index (Phi) is 7.63. The maximum absolute atomic E-state index is 13.1. The van der Waals surface area contributed by atoms with E-state index in [1.165, 1.54) is 12.1 Å². The van der Waals surface area contributed by atoms with E-state index in [-0.39, 0.29) is 29.7 Å². The largest absolute Gasteiger partial charge is 0.507 e. The third kappa shape index (κ3) is 6.11. The first-order chi connectivity index (χ1) is 18.8. The van der Waals surface area contributed by atoms with Crippen LogP contribution in [0.4, 0.5) is 0 Å². The predicted molar refractivity (Wildman–Crippen MR) is 146 cm³/mol. The number of benzene rings is 3. The minimum absolute atomic E-state index is 0.0273. The van der Waals surface area contributed by atoms with Crippen molar-refractivity contribution in [2.24, 2.45) is 0 Å². The minimum atomic E-state index is -1.66. The predicted octanol–water partition coefficient (Wildman–Crippen LogP) is 5.75. The topological polar surface area (TPSA) is 113 Å². The lowest BCUT2D eigenvalue weighted by atomic mass is 9.80. The lowest BCUT2D eigenvalue weighted by Gasteiger charge is -2.41. The third-order valence-electron chi connectivity index (χ3n) is 7.09. The molecule has 2 aliphatic rings. The summed E-state index contributed by atoms with van der Waals surface area (Å²) in [4.78, 5) is 25.7. The van der Waals surface area contributed by atoms with E-state index in [0.717, 1.165) is 11.1 Å². The summed E-state index contributed by atoms with van der Waals surface area (Å²) in [5, 5.41) is 33.6. The number of ketones is 1. The monoisotopic (exact) mass is 526 g/mol. The average Bonchev–Trinajstić information content (AvgIpc) is 2.91. The molecule has 5 rings (SSSR count). The lowest BCUT2D eigenvalue weighted by molar-refractivity contribution is -0.227. The van der Waals surface area contributed by atoms with E-state index in [9.17, 15) is 24.9 Å². The molecule has 3 atom stereocenters. The molecule has 2 aliphatic heterocycles. The Hall–Kier alpha value is -4.20. The molecule has 0 aromatic heterocycles. The Bertz CT molecular complexity index is 1410. The summed E-state index contributed by atoms with van der Waals surface area (Å²) in [6.07, 6.45) is 7.38. The molecule has 0 radical (unpaired) electrons. The van der Waals surface area contributed by atoms with Crippen LogP contribution >= 0.6 is 0 Å². The van der Waals surface area contributed by atoms with E-state index in [4.69, 9.17) is 9.47 Å². The normalized spacial score (nSPS) is 23.4. The van der Waals surface area contributed by atoms with Crippen molar-refractivity contribution in [2.45, 2.75) is 49.9 Å². The van der Waals surface area contributed by atoms with Crippen LogP contribution in [-0.2, 0) is 9.53 Å². The van der Waals surface area contributed by atoms with Gasteiger partial charge in [0.2, 0.25) is 0 Å². The zero-order valence-electron chi connectivity index (χ0n) is 21.3. The Morgan fingerprint density at radius 3 is 2.33 bits per heavy atom. The maximum Gasteiger partial charge on any atom is 0.311 e. The zero-order chi connectivity index (χ0) is 27.4. The number of esters is 1. The number of aromatic hydroxyl groups is 2. The van der Waals surface area contributed by atoms with Gasteiger partial charge < -0.3 is 24.8 Å². The highest BCUT2D eigenvalue weighted by Gasteiger charge is 2.42. The van der Waals surface area contributed by atoms with Gasteiger partial charge >= 0.3 is 5.97 Å². The van der Waals surface area contributed by atoms with E-state index < -0.39 is 41.1 Å². The first kappa shape index (κ1) is 26.4. The Morgan fingerprint density at radius 1 is 0.974 bits per heavy atom. The second-order valence-electron chi connectivity index (χ2n) is 9.97. The van der Waals surface area contributed by atoms with Gasteiger partial charge in [-0.15, -0.1) is 0 Å². The molecule has 1 fully saturated rings. The number of rotatable bonds is 5. The Morgan fingerprint density at radius 2 is 1.64 bits per heavy atom. The summed E-state index contributed by atoms with van der Waals surface area (Å²) < 4.78 is 11.6. The second kappa shape index (κ2) is 11.3. The van der Waals surface area contributed by atoms with Crippen molar-refractivity contribution < 1.29 is 34.4 Å². The van der Waals surface area contributed by atoms with E-state index in [1.54, 1.807) is 18.2 Å². The lowest BCUT2D eigenvalue weighted by Crippen LogP contribution is -2.42. The number of aliphatic hydroxyl groups is 1. The van der Waals surface area contributed by atoms with Crippen LogP contribution in [0.3, 0.4) is 0 Å². The number of hydrogen-bond acceptors (Lipinski definition) is 7. The molecule has 2 bridgehead atoms. The van der Waals surface area contributed by atoms with Gasteiger partial charge in [-0.05, 0) is 48.5 Å². The first-order valence-corrected chi connectivity index (χ1v) is 13.0. The van der Waals surface area contributed by atoms with Crippen LogP contribution in [0.15, 0.2) is 78.9 Å². The standard InChI is InChI=1S/C32H30O7/c33-25(15-14-21-8-3-1-4-9-21)30-26(34)19-27-29(31(30)36)23-18-24(12-7-13-28(35)38-27)39-32(37,20-23)17-16-22-10-5-2-6-11-22/h1-6,8-11,14-17,19,23-24,34,36-37H,7,12-13,18,20H2/b15-14+,17-16+/t23?,24-,32?/m1/s1. The molecule has 3 aromatic carbocycles. The number of phenols is 2. The van der Waals surface area contributed by atoms with Gasteiger partial charge in [0.15, 0.2) is 11.6 Å². The number of carbonyl (C=O) groups excluding carboxylic acids is 2. The van der Waals surface area contributed by atoms with Gasteiger partial charge in [-0.3, -0.25) is 9.59 Å². The fourth-order valence-corrected chi connectivity index (χ4v) is 5.27. The van der Waals surface area contributed by atoms with Gasteiger partial charge in [0, 0.05) is 24.5 Å². The van der Waals surface area contributed by atoms with Crippen LogP contribution < -0.4 is 4.74 Å². The van der Waals surface area contributed by atoms with Gasteiger partial charge in [-0.2, -0.15) is 0 Å². The molecule has 0 spiro atoms. The number of fused-ring (bicyclic) bond motifs is 4. The summed E-state index contributed by atoms with van der Waals surface area (Å²) in [5.41, 5.74) is 1.56. The number of hydrogen-bond donors (Lipinski definition) is 3. The number of phenolic OH excluding ortho intramolecular Hbond substituents is 2. The quantitative estimate of drug-likeness (QED) is 0.168. The molecule has 0 amide bonds. The highest BCUT2D eigenvalue weighted by Crippen LogP contribution is 2.50. The molecule has 0 aliphatic carbocycles. The molecule has 2 unspecified atom stereocenters. The Balaban J connectivity index is 1.54. The van der Waals surface area contributed by atoms with Crippen molar-refractivity contribution in [2.75, 3.05) is 0 Å². The van der Waals surface area contributed by atoms with E-state index in [0.29, 0.717) is 19.3 Å². The van der Waals surface area contributed by atoms with Gasteiger partial charge in [-0.25, -0.2) is 0 Å². The van der Waals surface area contributed by atoms with Crippen LogP contribution in [0, 0.1) is 0 Å². The maximum atomic E-state index is 13.1. The summed E-state index contributed by atoms with van der Waals surface area (Å²) >= 11 is 0. The second-order valence-corrected chi connectivity index (χ2v) is 9.97. The fraction of sp³-hybridized carbons (Fsp3) is 0.250. The van der Waals surface area contributed by atoms with Crippen molar-refractivity contribution in [1.29, 1.82) is 0 Å². The highest BCUT2D eigenvalue weighted by molar-refractivity contribution is 6.11. The van der Waals surface area contributed by atoms with Crippen molar-refractivity contribution in [3.05, 3.63) is 101 Å². The average molecular weight is 527 g/mol. The fourth-order valence-electron chi connectivity index (χ4n) is 5.27. The van der Waals surface area contributed by atoms with E-state index in [2.05, 4.69) is 0 Å². The molecular formula is C32H30O7. The zero-order valence-corrected chi connectivity index (χ0v) is 21.3. The van der Waals surface area contributed by atoms with Crippen molar-refractivity contribution in [3.63, 3.8) is 0 Å². The van der Waals surface area contributed by atoms with Gasteiger partial charge in [0.1, 0.15) is 22.8 Å². The first-order valence-electron chi connectivity index (χ1n) is 13.0. The van der Waals surface area contributed by atoms with Crippen molar-refractivity contribution >= 4 is 23.9 Å². The molecular weight excluding hydrogens is 496 g/mol. The molecule has 2 heterocycles. The SMILES string of the molecule is O=C1CCC[C@@H]2CC(CC(O)(/C=C/c3ccccc3)O2)c2c(cc(O)c(C(=O)/C=C/c3ccccc3)c2O)O1. The van der Waals surface area contributed by atoms with Crippen LogP contribution in [0.1, 0.15) is 65.1 Å². The molecule has 1 saturated heterocycles. The van der Waals surface area contributed by atoms with Crippen LogP contribution in [0.2, 0.25) is 0 Å².